The van der Waals surface area contributed by atoms with Gasteiger partial charge in [-0.05, 0) is 49.8 Å². The number of benzene rings is 2. The summed E-state index contributed by atoms with van der Waals surface area (Å²) in [4.78, 5) is 14.4. The molecule has 0 bridgehead atoms. The lowest BCUT2D eigenvalue weighted by Crippen LogP contribution is -2.42. The summed E-state index contributed by atoms with van der Waals surface area (Å²) >= 11 is 5.42. The van der Waals surface area contributed by atoms with E-state index in [0.29, 0.717) is 35.9 Å². The maximum absolute atomic E-state index is 12.6. The minimum absolute atomic E-state index is 0.0248. The Balaban J connectivity index is 2.07. The summed E-state index contributed by atoms with van der Waals surface area (Å²) in [6.45, 7) is 4.83. The molecule has 6 heteroatoms. The molecule has 1 amide bonds. The van der Waals surface area contributed by atoms with E-state index in [0.717, 1.165) is 5.56 Å². The maximum Gasteiger partial charge on any atom is 0.257 e. The summed E-state index contributed by atoms with van der Waals surface area (Å²) in [7, 11) is 0. The minimum Gasteiger partial charge on any atom is -0.491 e. The van der Waals surface area contributed by atoms with E-state index in [1.807, 2.05) is 55.1 Å². The summed E-state index contributed by atoms with van der Waals surface area (Å²) < 4.78 is 5.63. The molecule has 5 nitrogen and oxygen atoms in total. The summed E-state index contributed by atoms with van der Waals surface area (Å²) in [6, 6.07) is 18.9. The van der Waals surface area contributed by atoms with Gasteiger partial charge in [-0.3, -0.25) is 10.1 Å². The van der Waals surface area contributed by atoms with E-state index in [2.05, 4.69) is 11.4 Å². The highest BCUT2D eigenvalue weighted by Crippen LogP contribution is 2.15. The molecule has 0 unspecified atom stereocenters. The van der Waals surface area contributed by atoms with Crippen LogP contribution in [0.4, 0.5) is 0 Å². The second kappa shape index (κ2) is 10.3. The Morgan fingerprint density at radius 2 is 1.96 bits per heavy atom. The average Bonchev–Trinajstić information content (AvgIpc) is 2.65. The molecule has 2 aromatic carbocycles. The van der Waals surface area contributed by atoms with Crippen molar-refractivity contribution in [3.8, 4) is 11.8 Å². The molecule has 0 radical (unpaired) electrons. The number of amides is 1. The summed E-state index contributed by atoms with van der Waals surface area (Å²) in [5.41, 5.74) is 1.52. The highest BCUT2D eigenvalue weighted by molar-refractivity contribution is 7.80. The van der Waals surface area contributed by atoms with Gasteiger partial charge in [0, 0.05) is 18.7 Å². The minimum atomic E-state index is -0.302. The van der Waals surface area contributed by atoms with Crippen molar-refractivity contribution < 1.29 is 9.53 Å². The number of nitrogens with one attached hydrogen (secondary N) is 1. The second-order valence-electron chi connectivity index (χ2n) is 6.27. The fourth-order valence-electron chi connectivity index (χ4n) is 2.47. The number of nitrogens with zero attached hydrogens (tertiary/aromatic N) is 2. The van der Waals surface area contributed by atoms with E-state index in [4.69, 9.17) is 22.2 Å². The lowest BCUT2D eigenvalue weighted by Gasteiger charge is -2.24. The molecular formula is C21H23N3O2S. The van der Waals surface area contributed by atoms with Crippen LogP contribution in [0.3, 0.4) is 0 Å². The zero-order valence-electron chi connectivity index (χ0n) is 15.5. The van der Waals surface area contributed by atoms with E-state index in [1.165, 1.54) is 0 Å². The van der Waals surface area contributed by atoms with Crippen LogP contribution in [0.2, 0.25) is 0 Å². The molecule has 1 N–H and O–H groups in total. The van der Waals surface area contributed by atoms with Crippen molar-refractivity contribution in [3.63, 3.8) is 0 Å². The topological polar surface area (TPSA) is 65.4 Å². The largest absolute Gasteiger partial charge is 0.491 e. The van der Waals surface area contributed by atoms with Crippen LogP contribution >= 0.6 is 12.2 Å². The molecule has 0 aliphatic heterocycles. The Bertz CT molecular complexity index is 816. The Morgan fingerprint density at radius 3 is 2.63 bits per heavy atom. The molecule has 0 saturated heterocycles. The second-order valence-corrected chi connectivity index (χ2v) is 6.66. The predicted molar refractivity (Wildman–Crippen MR) is 109 cm³/mol. The quantitative estimate of drug-likeness (QED) is 0.737. The van der Waals surface area contributed by atoms with E-state index in [-0.39, 0.29) is 12.0 Å². The summed E-state index contributed by atoms with van der Waals surface area (Å²) in [5.74, 6) is 0.332. The van der Waals surface area contributed by atoms with Gasteiger partial charge in [-0.2, -0.15) is 5.26 Å². The SMILES string of the molecule is CC(C)Oc1cccc(C(=O)NC(=S)N(CCC#N)Cc2ccccc2)c1. The Morgan fingerprint density at radius 1 is 1.22 bits per heavy atom. The van der Waals surface area contributed by atoms with E-state index >= 15 is 0 Å². The number of hydrogen-bond acceptors (Lipinski definition) is 4. The predicted octanol–water partition coefficient (Wildman–Crippen LogP) is 3.90. The van der Waals surface area contributed by atoms with Crippen molar-refractivity contribution in [1.82, 2.24) is 10.2 Å². The smallest absolute Gasteiger partial charge is 0.257 e. The number of carbonyl (C=O) groups excluding carboxylic acids is 1. The molecule has 0 aliphatic carbocycles. The molecule has 0 fully saturated rings. The van der Waals surface area contributed by atoms with Crippen molar-refractivity contribution in [2.24, 2.45) is 0 Å². The first-order valence-electron chi connectivity index (χ1n) is 8.77. The fourth-order valence-corrected chi connectivity index (χ4v) is 2.72. The summed E-state index contributed by atoms with van der Waals surface area (Å²) in [5, 5.41) is 12.0. The molecule has 2 aromatic rings. The van der Waals surface area contributed by atoms with Crippen LogP contribution in [-0.4, -0.2) is 28.6 Å². The van der Waals surface area contributed by atoms with E-state index in [1.54, 1.807) is 18.2 Å². The highest BCUT2D eigenvalue weighted by Gasteiger charge is 2.15. The van der Waals surface area contributed by atoms with Crippen LogP contribution in [0.1, 0.15) is 36.2 Å². The lowest BCUT2D eigenvalue weighted by atomic mass is 10.2. The molecule has 0 aliphatic rings. The Labute approximate surface area is 165 Å². The zero-order valence-corrected chi connectivity index (χ0v) is 16.3. The van der Waals surface area contributed by atoms with Crippen LogP contribution in [-0.2, 0) is 6.54 Å². The first-order valence-corrected chi connectivity index (χ1v) is 9.18. The van der Waals surface area contributed by atoms with Crippen molar-refractivity contribution in [2.75, 3.05) is 6.54 Å². The van der Waals surface area contributed by atoms with Crippen LogP contribution < -0.4 is 10.1 Å². The summed E-state index contributed by atoms with van der Waals surface area (Å²) in [6.07, 6.45) is 0.345. The molecule has 2 rings (SSSR count). The molecule has 0 saturated carbocycles. The third-order valence-corrected chi connectivity index (χ3v) is 4.05. The van der Waals surface area contributed by atoms with E-state index in [9.17, 15) is 4.79 Å². The zero-order chi connectivity index (χ0) is 19.6. The van der Waals surface area contributed by atoms with Gasteiger partial charge >= 0.3 is 0 Å². The normalized spacial score (nSPS) is 10.1. The van der Waals surface area contributed by atoms with Crippen LogP contribution in [0, 0.1) is 11.3 Å². The van der Waals surface area contributed by atoms with Crippen molar-refractivity contribution >= 4 is 23.2 Å². The molecular weight excluding hydrogens is 358 g/mol. The standard InChI is InChI=1S/C21H23N3O2S/c1-16(2)26-19-11-6-10-18(14-19)20(25)23-21(27)24(13-7-12-22)15-17-8-4-3-5-9-17/h3-6,8-11,14,16H,7,13,15H2,1-2H3,(H,23,25,27). The average molecular weight is 382 g/mol. The van der Waals surface area contributed by atoms with Gasteiger partial charge in [0.05, 0.1) is 18.6 Å². The number of rotatable bonds is 7. The third kappa shape index (κ3) is 6.72. The Kier molecular flexibility index (Phi) is 7.78. The maximum atomic E-state index is 12.6. The molecule has 0 heterocycles. The molecule has 0 aromatic heterocycles. The van der Waals surface area contributed by atoms with Crippen molar-refractivity contribution in [3.05, 3.63) is 65.7 Å². The number of hydrogen-bond donors (Lipinski definition) is 1. The number of nitriles is 1. The van der Waals surface area contributed by atoms with Gasteiger partial charge in [-0.25, -0.2) is 0 Å². The molecule has 27 heavy (non-hydrogen) atoms. The number of thiocarbonyl (C=S) groups is 1. The molecule has 140 valence electrons. The van der Waals surface area contributed by atoms with Gasteiger partial charge < -0.3 is 9.64 Å². The third-order valence-electron chi connectivity index (χ3n) is 3.69. The molecule has 0 spiro atoms. The number of carbonyl (C=O) groups is 1. The number of ether oxygens (including phenoxy) is 1. The molecule has 0 atom stereocenters. The monoisotopic (exact) mass is 381 g/mol. The van der Waals surface area contributed by atoms with Gasteiger partial charge in [0.2, 0.25) is 0 Å². The van der Waals surface area contributed by atoms with Crippen LogP contribution in [0.15, 0.2) is 54.6 Å². The lowest BCUT2D eigenvalue weighted by molar-refractivity contribution is 0.0972. The van der Waals surface area contributed by atoms with Crippen molar-refractivity contribution in [1.29, 1.82) is 5.26 Å². The fraction of sp³-hybridized carbons (Fsp3) is 0.286. The van der Waals surface area contributed by atoms with Gasteiger partial charge in [-0.15, -0.1) is 0 Å². The Hall–Kier alpha value is -2.91. The first kappa shape index (κ1) is 20.4. The van der Waals surface area contributed by atoms with Crippen molar-refractivity contribution in [2.45, 2.75) is 32.9 Å². The first-order chi connectivity index (χ1) is 13.0. The van der Waals surface area contributed by atoms with Gasteiger partial charge in [0.1, 0.15) is 5.75 Å². The van der Waals surface area contributed by atoms with Gasteiger partial charge in [0.25, 0.3) is 5.91 Å². The van der Waals surface area contributed by atoms with Crippen LogP contribution in [0.5, 0.6) is 5.75 Å². The van der Waals surface area contributed by atoms with Crippen LogP contribution in [0.25, 0.3) is 0 Å². The van der Waals surface area contributed by atoms with E-state index < -0.39 is 0 Å². The highest BCUT2D eigenvalue weighted by atomic mass is 32.1. The van der Waals surface area contributed by atoms with Gasteiger partial charge in [0.15, 0.2) is 5.11 Å². The van der Waals surface area contributed by atoms with Gasteiger partial charge in [-0.1, -0.05) is 36.4 Å².